The van der Waals surface area contributed by atoms with Crippen LogP contribution < -0.4 is 0 Å². The summed E-state index contributed by atoms with van der Waals surface area (Å²) < 4.78 is 5.61. The number of rotatable bonds is 4. The summed E-state index contributed by atoms with van der Waals surface area (Å²) in [6.07, 6.45) is 1.31. The van der Waals surface area contributed by atoms with Gasteiger partial charge in [0.1, 0.15) is 11.8 Å². The van der Waals surface area contributed by atoms with Crippen molar-refractivity contribution in [3.8, 4) is 11.5 Å². The van der Waals surface area contributed by atoms with Crippen molar-refractivity contribution in [3.05, 3.63) is 28.3 Å². The first-order valence-electron chi connectivity index (χ1n) is 7.07. The van der Waals surface area contributed by atoms with E-state index in [4.69, 9.17) is 9.52 Å². The summed E-state index contributed by atoms with van der Waals surface area (Å²) in [6, 6.07) is 1.19. The first-order valence-corrected chi connectivity index (χ1v) is 8.01. The Morgan fingerprint density at radius 2 is 2.36 bits per heavy atom. The summed E-state index contributed by atoms with van der Waals surface area (Å²) in [6.45, 7) is 2.26. The van der Waals surface area contributed by atoms with Gasteiger partial charge in [0.05, 0.1) is 12.1 Å². The predicted molar refractivity (Wildman–Crippen MR) is 80.6 cm³/mol. The number of nitrogens with zero attached hydrogens (tertiary/aromatic N) is 2. The molecule has 0 unspecified atom stereocenters. The molecule has 0 aromatic carbocycles. The highest BCUT2D eigenvalue weighted by atomic mass is 32.1. The Labute approximate surface area is 131 Å². The summed E-state index contributed by atoms with van der Waals surface area (Å²) in [7, 11) is 0. The minimum absolute atomic E-state index is 0.0727. The number of aliphatic carboxylic acids is 1. The van der Waals surface area contributed by atoms with Crippen molar-refractivity contribution in [2.45, 2.75) is 32.2 Å². The number of likely N-dealkylation sites (tertiary alicyclic amines) is 1. The van der Waals surface area contributed by atoms with Crippen LogP contribution in [0.5, 0.6) is 0 Å². The third-order valence-electron chi connectivity index (χ3n) is 3.84. The van der Waals surface area contributed by atoms with Crippen molar-refractivity contribution >= 4 is 23.2 Å². The number of amides is 1. The van der Waals surface area contributed by atoms with Crippen LogP contribution in [-0.2, 0) is 16.0 Å². The number of hydrogen-bond donors (Lipinski definition) is 1. The first kappa shape index (κ1) is 14.8. The first-order chi connectivity index (χ1) is 10.6. The quantitative estimate of drug-likeness (QED) is 0.934. The van der Waals surface area contributed by atoms with Gasteiger partial charge in [0, 0.05) is 17.5 Å². The second-order valence-corrected chi connectivity index (χ2v) is 6.07. The largest absolute Gasteiger partial charge is 0.480 e. The topological polar surface area (TPSA) is 83.6 Å². The molecule has 116 valence electrons. The maximum absolute atomic E-state index is 12.4. The van der Waals surface area contributed by atoms with Crippen LogP contribution in [-0.4, -0.2) is 39.5 Å². The maximum Gasteiger partial charge on any atom is 0.326 e. The Morgan fingerprint density at radius 3 is 3.05 bits per heavy atom. The van der Waals surface area contributed by atoms with Crippen LogP contribution in [0.3, 0.4) is 0 Å². The second kappa shape index (κ2) is 5.92. The number of thiophene rings is 1. The zero-order chi connectivity index (χ0) is 15.7. The molecule has 1 amide bonds. The summed E-state index contributed by atoms with van der Waals surface area (Å²) in [5.74, 6) is -0.0572. The fourth-order valence-electron chi connectivity index (χ4n) is 2.67. The molecule has 1 atom stereocenters. The number of aryl methyl sites for hydroxylation is 1. The molecule has 2 aromatic heterocycles. The predicted octanol–water partition coefficient (Wildman–Crippen LogP) is 2.33. The summed E-state index contributed by atoms with van der Waals surface area (Å²) in [5.41, 5.74) is 1.46. The van der Waals surface area contributed by atoms with Crippen LogP contribution in [0.2, 0.25) is 0 Å². The standard InChI is InChI=1S/C15H16N2O4S/c1-9-11(16-14(21-9)10-4-6-22-8-10)7-13(18)17-5-2-3-12(17)15(19)20/h4,6,8,12H,2-3,5,7H2,1H3,(H,19,20)/t12-/m1/s1. The lowest BCUT2D eigenvalue weighted by Crippen LogP contribution is -2.41. The minimum Gasteiger partial charge on any atom is -0.480 e. The molecule has 22 heavy (non-hydrogen) atoms. The fraction of sp³-hybridized carbons (Fsp3) is 0.400. The van der Waals surface area contributed by atoms with E-state index >= 15 is 0 Å². The van der Waals surface area contributed by atoms with E-state index < -0.39 is 12.0 Å². The molecule has 1 saturated heterocycles. The Balaban J connectivity index is 1.76. The zero-order valence-electron chi connectivity index (χ0n) is 12.1. The lowest BCUT2D eigenvalue weighted by Gasteiger charge is -2.20. The molecular weight excluding hydrogens is 304 g/mol. The number of carboxylic acid groups (broad SMARTS) is 1. The minimum atomic E-state index is -0.943. The Morgan fingerprint density at radius 1 is 1.55 bits per heavy atom. The highest BCUT2D eigenvalue weighted by molar-refractivity contribution is 7.08. The molecular formula is C15H16N2O4S. The number of oxazole rings is 1. The van der Waals surface area contributed by atoms with Crippen molar-refractivity contribution in [1.29, 1.82) is 0 Å². The monoisotopic (exact) mass is 320 g/mol. The van der Waals surface area contributed by atoms with Crippen LogP contribution in [0.1, 0.15) is 24.3 Å². The molecule has 1 fully saturated rings. The van der Waals surface area contributed by atoms with Crippen LogP contribution in [0.25, 0.3) is 11.5 Å². The number of carboxylic acids is 1. The summed E-state index contributed by atoms with van der Waals surface area (Å²) >= 11 is 1.55. The van der Waals surface area contributed by atoms with Crippen molar-refractivity contribution in [3.63, 3.8) is 0 Å². The number of hydrogen-bond acceptors (Lipinski definition) is 5. The molecule has 1 aliphatic rings. The third-order valence-corrected chi connectivity index (χ3v) is 4.52. The molecule has 7 heteroatoms. The average Bonchev–Trinajstić information content (AvgIpc) is 3.18. The molecule has 0 spiro atoms. The van der Waals surface area contributed by atoms with E-state index in [1.54, 1.807) is 18.3 Å². The SMILES string of the molecule is Cc1oc(-c2ccsc2)nc1CC(=O)N1CCC[C@@H]1C(=O)O. The van der Waals surface area contributed by atoms with Gasteiger partial charge in [-0.1, -0.05) is 0 Å². The highest BCUT2D eigenvalue weighted by Gasteiger charge is 2.34. The molecule has 0 saturated carbocycles. The third kappa shape index (κ3) is 2.76. The molecule has 3 rings (SSSR count). The number of carbonyl (C=O) groups excluding carboxylic acids is 1. The van der Waals surface area contributed by atoms with Crippen LogP contribution in [0.15, 0.2) is 21.2 Å². The Kier molecular flexibility index (Phi) is 3.98. The van der Waals surface area contributed by atoms with Gasteiger partial charge in [-0.05, 0) is 31.2 Å². The van der Waals surface area contributed by atoms with Gasteiger partial charge in [0.25, 0.3) is 0 Å². The van der Waals surface area contributed by atoms with E-state index in [1.807, 2.05) is 16.8 Å². The van der Waals surface area contributed by atoms with Gasteiger partial charge in [-0.3, -0.25) is 4.79 Å². The van der Waals surface area contributed by atoms with Crippen molar-refractivity contribution in [1.82, 2.24) is 9.88 Å². The summed E-state index contributed by atoms with van der Waals surface area (Å²) in [4.78, 5) is 29.3. The fourth-order valence-corrected chi connectivity index (χ4v) is 3.30. The number of carbonyl (C=O) groups is 2. The zero-order valence-corrected chi connectivity index (χ0v) is 12.9. The van der Waals surface area contributed by atoms with E-state index in [0.29, 0.717) is 30.3 Å². The molecule has 6 nitrogen and oxygen atoms in total. The van der Waals surface area contributed by atoms with Gasteiger partial charge < -0.3 is 14.4 Å². The lowest BCUT2D eigenvalue weighted by molar-refractivity contribution is -0.148. The van der Waals surface area contributed by atoms with Gasteiger partial charge >= 0.3 is 5.97 Å². The van der Waals surface area contributed by atoms with E-state index in [0.717, 1.165) is 12.0 Å². The average molecular weight is 320 g/mol. The van der Waals surface area contributed by atoms with Gasteiger partial charge in [0.2, 0.25) is 11.8 Å². The van der Waals surface area contributed by atoms with Gasteiger partial charge in [-0.2, -0.15) is 11.3 Å². The van der Waals surface area contributed by atoms with Crippen LogP contribution in [0, 0.1) is 6.92 Å². The normalized spacial score (nSPS) is 17.9. The van der Waals surface area contributed by atoms with Gasteiger partial charge in [0.15, 0.2) is 0 Å². The second-order valence-electron chi connectivity index (χ2n) is 5.29. The molecule has 0 aliphatic carbocycles. The van der Waals surface area contributed by atoms with Crippen LogP contribution >= 0.6 is 11.3 Å². The van der Waals surface area contributed by atoms with Gasteiger partial charge in [-0.15, -0.1) is 0 Å². The summed E-state index contributed by atoms with van der Waals surface area (Å²) in [5, 5.41) is 13.0. The molecule has 1 aliphatic heterocycles. The van der Waals surface area contributed by atoms with Crippen LogP contribution in [0.4, 0.5) is 0 Å². The molecule has 0 radical (unpaired) electrons. The molecule has 1 N–H and O–H groups in total. The van der Waals surface area contributed by atoms with E-state index in [1.165, 1.54) is 4.90 Å². The lowest BCUT2D eigenvalue weighted by atomic mass is 10.2. The molecule has 2 aromatic rings. The maximum atomic E-state index is 12.4. The van der Waals surface area contributed by atoms with E-state index in [2.05, 4.69) is 4.98 Å². The van der Waals surface area contributed by atoms with E-state index in [9.17, 15) is 9.59 Å². The van der Waals surface area contributed by atoms with E-state index in [-0.39, 0.29) is 12.3 Å². The smallest absolute Gasteiger partial charge is 0.326 e. The van der Waals surface area contributed by atoms with Crippen molar-refractivity contribution in [2.24, 2.45) is 0 Å². The van der Waals surface area contributed by atoms with Gasteiger partial charge in [-0.25, -0.2) is 9.78 Å². The highest BCUT2D eigenvalue weighted by Crippen LogP contribution is 2.25. The van der Waals surface area contributed by atoms with Crippen molar-refractivity contribution in [2.75, 3.05) is 6.54 Å². The Bertz CT molecular complexity index is 692. The number of aromatic nitrogens is 1. The Hall–Kier alpha value is -2.15. The van der Waals surface area contributed by atoms with Crippen molar-refractivity contribution < 1.29 is 19.1 Å². The molecule has 0 bridgehead atoms. The molecule has 3 heterocycles.